The molecule has 41 heavy (non-hydrogen) atoms. The Morgan fingerprint density at radius 2 is 1.71 bits per heavy atom. The average molecular weight is 551 g/mol. The Kier molecular flexibility index (Phi) is 7.31. The van der Waals surface area contributed by atoms with Gasteiger partial charge in [0.2, 0.25) is 0 Å². The van der Waals surface area contributed by atoms with Gasteiger partial charge >= 0.3 is 5.97 Å². The summed E-state index contributed by atoms with van der Waals surface area (Å²) in [6.07, 6.45) is 6.88. The van der Waals surface area contributed by atoms with Gasteiger partial charge in [-0.15, -0.1) is 0 Å². The number of nitrogens with zero attached hydrogens (tertiary/aromatic N) is 4. The van der Waals surface area contributed by atoms with Gasteiger partial charge in [0, 0.05) is 29.8 Å². The van der Waals surface area contributed by atoms with E-state index in [1.54, 1.807) is 6.07 Å². The molecular weight excluding hydrogens is 512 g/mol. The van der Waals surface area contributed by atoms with Crippen molar-refractivity contribution < 1.29 is 14.3 Å². The molecule has 7 rings (SSSR count). The van der Waals surface area contributed by atoms with Gasteiger partial charge in [0.25, 0.3) is 0 Å². The Bertz CT molecular complexity index is 1550. The molecule has 1 aliphatic carbocycles. The third-order valence-corrected chi connectivity index (χ3v) is 9.36. The maximum absolute atomic E-state index is 12.2. The maximum atomic E-state index is 12.2. The summed E-state index contributed by atoms with van der Waals surface area (Å²) in [7, 11) is 1.42. The van der Waals surface area contributed by atoms with Crippen molar-refractivity contribution in [2.45, 2.75) is 69.6 Å². The van der Waals surface area contributed by atoms with Crippen LogP contribution in [0.4, 0.5) is 0 Å². The number of carbonyl (C=O) groups excluding carboxylic acids is 1. The number of benzene rings is 2. The van der Waals surface area contributed by atoms with Gasteiger partial charge in [-0.1, -0.05) is 30.3 Å². The van der Waals surface area contributed by atoms with E-state index in [9.17, 15) is 4.79 Å². The van der Waals surface area contributed by atoms with E-state index in [1.165, 1.54) is 36.0 Å². The molecule has 2 saturated heterocycles. The topological polar surface area (TPSA) is 69.5 Å². The normalized spacial score (nSPS) is 21.4. The largest absolute Gasteiger partial charge is 0.465 e. The predicted molar refractivity (Wildman–Crippen MR) is 158 cm³/mol. The number of likely N-dealkylation sites (tertiary alicyclic amines) is 1. The zero-order chi connectivity index (χ0) is 27.8. The van der Waals surface area contributed by atoms with Gasteiger partial charge in [-0.2, -0.15) is 0 Å². The molecule has 0 saturated carbocycles. The van der Waals surface area contributed by atoms with Crippen LogP contribution in [0.3, 0.4) is 0 Å². The molecule has 2 aromatic heterocycles. The van der Waals surface area contributed by atoms with Gasteiger partial charge in [0.1, 0.15) is 5.82 Å². The Morgan fingerprint density at radius 1 is 0.927 bits per heavy atom. The maximum Gasteiger partial charge on any atom is 0.337 e. The van der Waals surface area contributed by atoms with Crippen molar-refractivity contribution in [2.75, 3.05) is 26.8 Å². The highest BCUT2D eigenvalue weighted by atomic mass is 16.5. The second-order valence-corrected chi connectivity index (χ2v) is 11.9. The van der Waals surface area contributed by atoms with E-state index in [0.717, 1.165) is 81.7 Å². The van der Waals surface area contributed by atoms with Crippen molar-refractivity contribution in [1.29, 1.82) is 0 Å². The minimum absolute atomic E-state index is 0.203. The molecule has 7 heteroatoms. The highest BCUT2D eigenvalue weighted by Gasteiger charge is 2.27. The molecule has 2 fully saturated rings. The van der Waals surface area contributed by atoms with E-state index in [-0.39, 0.29) is 12.1 Å². The van der Waals surface area contributed by atoms with Gasteiger partial charge in [0.15, 0.2) is 0 Å². The number of methoxy groups -OCH3 is 1. The fourth-order valence-electron chi connectivity index (χ4n) is 6.83. The van der Waals surface area contributed by atoms with Gasteiger partial charge in [0.05, 0.1) is 42.9 Å². The number of carbonyl (C=O) groups is 1. The first-order valence-corrected chi connectivity index (χ1v) is 15.1. The quantitative estimate of drug-likeness (QED) is 0.277. The lowest BCUT2D eigenvalue weighted by Gasteiger charge is -2.32. The lowest BCUT2D eigenvalue weighted by atomic mass is 9.82. The number of hydrogen-bond acceptors (Lipinski definition) is 6. The molecule has 4 heterocycles. The first-order valence-electron chi connectivity index (χ1n) is 15.1. The molecule has 0 radical (unpaired) electrons. The molecule has 7 nitrogen and oxygen atoms in total. The molecule has 2 aromatic carbocycles. The highest BCUT2D eigenvalue weighted by molar-refractivity contribution is 5.93. The third kappa shape index (κ3) is 5.41. The summed E-state index contributed by atoms with van der Waals surface area (Å²) in [6, 6.07) is 21.2. The Balaban J connectivity index is 1.04. The fourth-order valence-corrected chi connectivity index (χ4v) is 6.83. The van der Waals surface area contributed by atoms with Crippen molar-refractivity contribution in [1.82, 2.24) is 19.4 Å². The minimum Gasteiger partial charge on any atom is -0.465 e. The van der Waals surface area contributed by atoms with Crippen LogP contribution in [-0.4, -0.2) is 58.3 Å². The number of aryl methyl sites for hydroxylation is 1. The highest BCUT2D eigenvalue weighted by Crippen LogP contribution is 2.34. The van der Waals surface area contributed by atoms with Crippen LogP contribution in [0, 0.1) is 0 Å². The van der Waals surface area contributed by atoms with Crippen LogP contribution in [0.25, 0.3) is 11.0 Å². The number of aromatic nitrogens is 3. The molecular formula is C34H38N4O3. The number of rotatable bonds is 7. The second kappa shape index (κ2) is 11.4. The summed E-state index contributed by atoms with van der Waals surface area (Å²) in [5.74, 6) is 1.71. The Labute approximate surface area is 241 Å². The van der Waals surface area contributed by atoms with Gasteiger partial charge in [-0.05, 0) is 93.1 Å². The van der Waals surface area contributed by atoms with Gasteiger partial charge < -0.3 is 14.0 Å². The van der Waals surface area contributed by atoms with Gasteiger partial charge in [-0.3, -0.25) is 9.88 Å². The molecule has 0 amide bonds. The van der Waals surface area contributed by atoms with Crippen molar-refractivity contribution >= 4 is 17.0 Å². The lowest BCUT2D eigenvalue weighted by molar-refractivity contribution is -0.0592. The molecule has 3 aliphatic rings. The summed E-state index contributed by atoms with van der Waals surface area (Å²) in [6.45, 7) is 4.40. The summed E-state index contributed by atoms with van der Waals surface area (Å²) in [4.78, 5) is 25.0. The summed E-state index contributed by atoms with van der Waals surface area (Å²) < 4.78 is 13.0. The van der Waals surface area contributed by atoms with Crippen molar-refractivity contribution in [3.05, 3.63) is 94.6 Å². The van der Waals surface area contributed by atoms with E-state index < -0.39 is 0 Å². The standard InChI is InChI=1S/C34H38N4O3/c1-40-34(39)27-11-12-31-32(20-27)38(21-28-15-18-41-28)33(36-31)22-37-16-13-24(14-17-37)29-7-4-8-30(35-29)26-10-9-23-5-2-3-6-25(23)19-26/h2-8,11-12,20,24,26,28H,9-10,13-19,21-22H2,1H3/t26?,28-/m0/s1. The molecule has 212 valence electrons. The van der Waals surface area contributed by atoms with Crippen LogP contribution < -0.4 is 0 Å². The minimum atomic E-state index is -0.325. The fraction of sp³-hybridized carbons (Fsp3) is 0.441. The van der Waals surface area contributed by atoms with E-state index in [1.807, 2.05) is 12.1 Å². The van der Waals surface area contributed by atoms with Crippen molar-refractivity contribution in [2.24, 2.45) is 0 Å². The van der Waals surface area contributed by atoms with E-state index in [0.29, 0.717) is 17.4 Å². The van der Waals surface area contributed by atoms with Crippen molar-refractivity contribution in [3.8, 4) is 0 Å². The molecule has 1 unspecified atom stereocenters. The van der Waals surface area contributed by atoms with Crippen LogP contribution in [0.2, 0.25) is 0 Å². The number of fused-ring (bicyclic) bond motifs is 2. The van der Waals surface area contributed by atoms with Crippen LogP contribution in [0.15, 0.2) is 60.7 Å². The number of ether oxygens (including phenoxy) is 2. The predicted octanol–water partition coefficient (Wildman–Crippen LogP) is 5.66. The van der Waals surface area contributed by atoms with E-state index in [4.69, 9.17) is 19.4 Å². The number of imidazole rings is 1. The number of piperidine rings is 1. The van der Waals surface area contributed by atoms with Crippen molar-refractivity contribution in [3.63, 3.8) is 0 Å². The Hall–Kier alpha value is -3.55. The number of hydrogen-bond donors (Lipinski definition) is 0. The average Bonchev–Trinajstić information content (AvgIpc) is 3.34. The smallest absolute Gasteiger partial charge is 0.337 e. The SMILES string of the molecule is COC(=O)c1ccc2nc(CN3CCC(c4cccc(C5CCc6ccccc6C5)n4)CC3)n(C[C@@H]3CCO3)c2c1. The monoisotopic (exact) mass is 550 g/mol. The van der Waals surface area contributed by atoms with E-state index in [2.05, 4.69) is 51.9 Å². The van der Waals surface area contributed by atoms with Crippen LogP contribution in [-0.2, 0) is 35.4 Å². The first kappa shape index (κ1) is 26.4. The number of esters is 1. The summed E-state index contributed by atoms with van der Waals surface area (Å²) in [5.41, 5.74) is 7.94. The zero-order valence-electron chi connectivity index (χ0n) is 23.8. The third-order valence-electron chi connectivity index (χ3n) is 9.36. The molecule has 4 aromatic rings. The van der Waals surface area contributed by atoms with Crippen LogP contribution >= 0.6 is 0 Å². The summed E-state index contributed by atoms with van der Waals surface area (Å²) >= 11 is 0. The van der Waals surface area contributed by atoms with Crippen LogP contribution in [0.5, 0.6) is 0 Å². The molecule has 0 bridgehead atoms. The zero-order valence-corrected chi connectivity index (χ0v) is 23.8. The first-order chi connectivity index (χ1) is 20.1. The lowest BCUT2D eigenvalue weighted by Crippen LogP contribution is -2.35. The molecule has 2 aliphatic heterocycles. The van der Waals surface area contributed by atoms with Crippen LogP contribution in [0.1, 0.15) is 76.2 Å². The molecule has 2 atom stereocenters. The van der Waals surface area contributed by atoms with E-state index >= 15 is 0 Å². The summed E-state index contributed by atoms with van der Waals surface area (Å²) in [5, 5.41) is 0. The Morgan fingerprint density at radius 3 is 2.46 bits per heavy atom. The molecule has 0 spiro atoms. The molecule has 0 N–H and O–H groups in total. The van der Waals surface area contributed by atoms with Gasteiger partial charge in [-0.25, -0.2) is 9.78 Å². The second-order valence-electron chi connectivity index (χ2n) is 11.9. The number of pyridine rings is 1.